The largest absolute Gasteiger partial charge is 0.394 e. The van der Waals surface area contributed by atoms with Gasteiger partial charge in [0.05, 0.1) is 12.7 Å². The summed E-state index contributed by atoms with van der Waals surface area (Å²) in [5.74, 6) is -0.855. The normalized spacial score (nSPS) is 12.0. The first-order valence-corrected chi connectivity index (χ1v) is 7.71. The molecule has 0 aromatic heterocycles. The highest BCUT2D eigenvalue weighted by atomic mass is 16.3. The highest BCUT2D eigenvalue weighted by molar-refractivity contribution is 6.01. The average molecular weight is 338 g/mol. The summed E-state index contributed by atoms with van der Waals surface area (Å²) in [6.45, 7) is 6.19. The van der Waals surface area contributed by atoms with Crippen molar-refractivity contribution in [1.82, 2.24) is 4.90 Å². The number of carbonyl (C=O) groups excluding carboxylic acids is 2. The number of carbonyl (C=O) groups is 2. The van der Waals surface area contributed by atoms with E-state index < -0.39 is 25.2 Å². The van der Waals surface area contributed by atoms with E-state index in [-0.39, 0.29) is 12.5 Å². The maximum absolute atomic E-state index is 12.8. The molecule has 134 valence electrons. The number of amides is 2. The SMILES string of the molecule is Cc1c(C)c(NC(=O)CO)c(C)c(C(=O)N(C)CC(O)CO)c1C. The summed E-state index contributed by atoms with van der Waals surface area (Å²) >= 11 is 0. The zero-order valence-corrected chi connectivity index (χ0v) is 14.8. The summed E-state index contributed by atoms with van der Waals surface area (Å²) in [6.07, 6.45) is -1.01. The van der Waals surface area contributed by atoms with Gasteiger partial charge in [0, 0.05) is 24.8 Å². The Labute approximate surface area is 141 Å². The van der Waals surface area contributed by atoms with Crippen LogP contribution in [-0.4, -0.2) is 64.9 Å². The number of hydrogen-bond acceptors (Lipinski definition) is 5. The Bertz CT molecular complexity index is 643. The first kappa shape index (κ1) is 20.1. The van der Waals surface area contributed by atoms with Crippen molar-refractivity contribution in [3.05, 3.63) is 27.8 Å². The standard InChI is InChI=1S/C17H26N2O5/c1-9-10(2)15(17(24)19(5)6-13(22)7-20)12(4)16(11(9)3)18-14(23)8-21/h13,20-22H,6-8H2,1-5H3,(H,18,23). The third kappa shape index (κ3) is 4.11. The molecule has 0 saturated carbocycles. The number of aliphatic hydroxyl groups is 3. The molecular formula is C17H26N2O5. The topological polar surface area (TPSA) is 110 Å². The molecule has 4 N–H and O–H groups in total. The van der Waals surface area contributed by atoms with Crippen LogP contribution >= 0.6 is 0 Å². The van der Waals surface area contributed by atoms with Crippen LogP contribution in [0, 0.1) is 27.7 Å². The van der Waals surface area contributed by atoms with Crippen LogP contribution in [0.5, 0.6) is 0 Å². The van der Waals surface area contributed by atoms with E-state index in [4.69, 9.17) is 10.2 Å². The van der Waals surface area contributed by atoms with Crippen molar-refractivity contribution in [2.45, 2.75) is 33.8 Å². The molecule has 0 bridgehead atoms. The van der Waals surface area contributed by atoms with Gasteiger partial charge in [-0.2, -0.15) is 0 Å². The predicted molar refractivity (Wildman–Crippen MR) is 91.2 cm³/mol. The Balaban J connectivity index is 3.37. The average Bonchev–Trinajstić information content (AvgIpc) is 2.56. The molecule has 24 heavy (non-hydrogen) atoms. The van der Waals surface area contributed by atoms with Gasteiger partial charge >= 0.3 is 0 Å². The number of benzene rings is 1. The summed E-state index contributed by atoms with van der Waals surface area (Å²) in [6, 6.07) is 0. The second-order valence-corrected chi connectivity index (χ2v) is 5.98. The van der Waals surface area contributed by atoms with Crippen molar-refractivity contribution in [1.29, 1.82) is 0 Å². The zero-order chi connectivity index (χ0) is 18.6. The monoisotopic (exact) mass is 338 g/mol. The third-order valence-corrected chi connectivity index (χ3v) is 4.29. The number of likely N-dealkylation sites (N-methyl/N-ethyl adjacent to an activating group) is 1. The first-order chi connectivity index (χ1) is 11.1. The van der Waals surface area contributed by atoms with Crippen molar-refractivity contribution in [3.63, 3.8) is 0 Å². The van der Waals surface area contributed by atoms with Crippen LogP contribution in [0.1, 0.15) is 32.6 Å². The van der Waals surface area contributed by atoms with Crippen LogP contribution in [0.4, 0.5) is 5.69 Å². The van der Waals surface area contributed by atoms with E-state index in [1.165, 1.54) is 4.90 Å². The molecule has 2 amide bonds. The Morgan fingerprint density at radius 3 is 2.12 bits per heavy atom. The molecule has 0 spiro atoms. The fraction of sp³-hybridized carbons (Fsp3) is 0.529. The quantitative estimate of drug-likeness (QED) is 0.595. The molecular weight excluding hydrogens is 312 g/mol. The number of anilines is 1. The van der Waals surface area contributed by atoms with Crippen LogP contribution in [0.25, 0.3) is 0 Å². The van der Waals surface area contributed by atoms with Crippen LogP contribution in [0.3, 0.4) is 0 Å². The third-order valence-electron chi connectivity index (χ3n) is 4.29. The van der Waals surface area contributed by atoms with Gasteiger partial charge in [0.15, 0.2) is 0 Å². The summed E-state index contributed by atoms with van der Waals surface area (Å²) in [4.78, 5) is 25.7. The summed E-state index contributed by atoms with van der Waals surface area (Å²) in [5, 5.41) is 30.1. The van der Waals surface area contributed by atoms with Gasteiger partial charge < -0.3 is 25.5 Å². The lowest BCUT2D eigenvalue weighted by Gasteiger charge is -2.25. The van der Waals surface area contributed by atoms with Crippen LogP contribution in [0.2, 0.25) is 0 Å². The molecule has 1 aromatic rings. The highest BCUT2D eigenvalue weighted by Crippen LogP contribution is 2.31. The fourth-order valence-electron chi connectivity index (χ4n) is 2.68. The lowest BCUT2D eigenvalue weighted by atomic mass is 9.91. The zero-order valence-electron chi connectivity index (χ0n) is 14.8. The minimum Gasteiger partial charge on any atom is -0.394 e. The molecule has 0 aliphatic heterocycles. The summed E-state index contributed by atoms with van der Waals surface area (Å²) in [7, 11) is 1.54. The van der Waals surface area contributed by atoms with Gasteiger partial charge in [-0.05, 0) is 49.9 Å². The Hall–Kier alpha value is -1.96. The Morgan fingerprint density at radius 1 is 1.04 bits per heavy atom. The lowest BCUT2D eigenvalue weighted by molar-refractivity contribution is -0.118. The van der Waals surface area contributed by atoms with Crippen LogP contribution in [0.15, 0.2) is 0 Å². The van der Waals surface area contributed by atoms with E-state index >= 15 is 0 Å². The minimum atomic E-state index is -1.01. The lowest BCUT2D eigenvalue weighted by Crippen LogP contribution is -2.36. The van der Waals surface area contributed by atoms with Crippen molar-refractivity contribution in [2.24, 2.45) is 0 Å². The van der Waals surface area contributed by atoms with Gasteiger partial charge in [0.2, 0.25) is 5.91 Å². The molecule has 0 heterocycles. The van der Waals surface area contributed by atoms with Gasteiger partial charge in [-0.1, -0.05) is 0 Å². The summed E-state index contributed by atoms with van der Waals surface area (Å²) in [5.41, 5.74) is 4.06. The fourth-order valence-corrected chi connectivity index (χ4v) is 2.68. The molecule has 0 fully saturated rings. The van der Waals surface area contributed by atoms with E-state index in [0.717, 1.165) is 16.7 Å². The molecule has 0 saturated heterocycles. The molecule has 7 heteroatoms. The molecule has 0 aliphatic carbocycles. The smallest absolute Gasteiger partial charge is 0.254 e. The van der Waals surface area contributed by atoms with Crippen LogP contribution < -0.4 is 5.32 Å². The molecule has 1 unspecified atom stereocenters. The second kappa shape index (κ2) is 8.23. The molecule has 0 radical (unpaired) electrons. The van der Waals surface area contributed by atoms with Gasteiger partial charge in [-0.25, -0.2) is 0 Å². The van der Waals surface area contributed by atoms with Crippen molar-refractivity contribution in [2.75, 3.05) is 32.1 Å². The van der Waals surface area contributed by atoms with Crippen molar-refractivity contribution < 1.29 is 24.9 Å². The van der Waals surface area contributed by atoms with Gasteiger partial charge in [0.1, 0.15) is 6.61 Å². The minimum absolute atomic E-state index is 0.000526. The molecule has 0 aliphatic rings. The maximum Gasteiger partial charge on any atom is 0.254 e. The van der Waals surface area contributed by atoms with Crippen LogP contribution in [-0.2, 0) is 4.79 Å². The first-order valence-electron chi connectivity index (χ1n) is 7.71. The van der Waals surface area contributed by atoms with Crippen molar-refractivity contribution >= 4 is 17.5 Å². The van der Waals surface area contributed by atoms with E-state index in [9.17, 15) is 14.7 Å². The molecule has 7 nitrogen and oxygen atoms in total. The Kier molecular flexibility index (Phi) is 6.89. The van der Waals surface area contributed by atoms with E-state index in [2.05, 4.69) is 5.32 Å². The second-order valence-electron chi connectivity index (χ2n) is 5.98. The molecule has 1 aromatic carbocycles. The number of rotatable bonds is 6. The number of aliphatic hydroxyl groups excluding tert-OH is 3. The summed E-state index contributed by atoms with van der Waals surface area (Å²) < 4.78 is 0. The van der Waals surface area contributed by atoms with Gasteiger partial charge in [0.25, 0.3) is 5.91 Å². The maximum atomic E-state index is 12.8. The molecule has 1 atom stereocenters. The van der Waals surface area contributed by atoms with E-state index in [0.29, 0.717) is 16.8 Å². The van der Waals surface area contributed by atoms with E-state index in [1.54, 1.807) is 14.0 Å². The highest BCUT2D eigenvalue weighted by Gasteiger charge is 2.24. The van der Waals surface area contributed by atoms with E-state index in [1.807, 2.05) is 20.8 Å². The van der Waals surface area contributed by atoms with Gasteiger partial charge in [-0.15, -0.1) is 0 Å². The molecule has 1 rings (SSSR count). The van der Waals surface area contributed by atoms with Gasteiger partial charge in [-0.3, -0.25) is 9.59 Å². The number of hydrogen-bond donors (Lipinski definition) is 4. The Morgan fingerprint density at radius 2 is 1.62 bits per heavy atom. The number of nitrogens with one attached hydrogen (secondary N) is 1. The van der Waals surface area contributed by atoms with Crippen molar-refractivity contribution in [3.8, 4) is 0 Å². The number of nitrogens with zero attached hydrogens (tertiary/aromatic N) is 1. The predicted octanol–water partition coefficient (Wildman–Crippen LogP) is 0.276.